The summed E-state index contributed by atoms with van der Waals surface area (Å²) in [5.74, 6) is -0.281. The van der Waals surface area contributed by atoms with Crippen molar-refractivity contribution in [2.45, 2.75) is 63.5 Å². The largest absolute Gasteiger partial charge is 0.480 e. The van der Waals surface area contributed by atoms with E-state index < -0.39 is 11.5 Å². The monoisotopic (exact) mass is 389 g/mol. The van der Waals surface area contributed by atoms with Gasteiger partial charge in [-0.2, -0.15) is 0 Å². The second-order valence-electron chi connectivity index (χ2n) is 8.68. The van der Waals surface area contributed by atoms with Crippen molar-refractivity contribution in [1.29, 1.82) is 0 Å². The molecule has 1 saturated heterocycles. The van der Waals surface area contributed by atoms with Gasteiger partial charge in [0.25, 0.3) is 0 Å². The number of likely N-dealkylation sites (tertiary alicyclic amines) is 1. The number of carboxylic acids is 1. The number of benzene rings is 1. The Labute approximate surface area is 168 Å². The molecule has 28 heavy (non-hydrogen) atoms. The fourth-order valence-corrected chi connectivity index (χ4v) is 5.25. The van der Waals surface area contributed by atoms with Gasteiger partial charge in [0.1, 0.15) is 5.54 Å². The van der Waals surface area contributed by atoms with Gasteiger partial charge in [0.05, 0.1) is 0 Å². The Kier molecular flexibility index (Phi) is 7.10. The third-order valence-electron chi connectivity index (χ3n) is 6.96. The molecule has 0 aromatic heterocycles. The molecule has 6 nitrogen and oxygen atoms in total. The van der Waals surface area contributed by atoms with Crippen molar-refractivity contribution in [2.24, 2.45) is 17.6 Å². The molecule has 1 heterocycles. The highest BCUT2D eigenvalue weighted by Gasteiger charge is 2.44. The van der Waals surface area contributed by atoms with Crippen molar-refractivity contribution in [3.8, 4) is 0 Å². The van der Waals surface area contributed by atoms with Crippen LogP contribution in [0.4, 0.5) is 0 Å². The molecular weight excluding hydrogens is 354 g/mol. The molecule has 1 aliphatic heterocycles. The van der Waals surface area contributed by atoms with Gasteiger partial charge in [-0.15, -0.1) is 0 Å². The fraction of sp³-hybridized carbons (Fsp3) is 0.682. The number of nitrogens with one attached hydrogen (secondary N) is 1. The Morgan fingerprint density at radius 3 is 2.64 bits per heavy atom. The van der Waals surface area contributed by atoms with Crippen molar-refractivity contribution in [3.05, 3.63) is 35.4 Å². The lowest BCUT2D eigenvalue weighted by molar-refractivity contribution is -0.147. The number of unbranched alkanes of at least 4 members (excludes halogenated alkanes) is 1. The summed E-state index contributed by atoms with van der Waals surface area (Å²) in [6.07, 6.45) is 5.88. The van der Waals surface area contributed by atoms with Crippen molar-refractivity contribution in [1.82, 2.24) is 10.4 Å². The van der Waals surface area contributed by atoms with Crippen molar-refractivity contribution in [2.75, 3.05) is 19.6 Å². The molecule has 0 amide bonds. The van der Waals surface area contributed by atoms with Crippen LogP contribution in [0.25, 0.3) is 0 Å². The molecule has 3 atom stereocenters. The first-order valence-corrected chi connectivity index (χ1v) is 10.7. The van der Waals surface area contributed by atoms with E-state index in [-0.39, 0.29) is 5.92 Å². The van der Waals surface area contributed by atoms with Crippen LogP contribution in [-0.2, 0) is 11.2 Å². The van der Waals surface area contributed by atoms with Crippen LogP contribution < -0.4 is 11.2 Å². The Bertz CT molecular complexity index is 660. The minimum Gasteiger partial charge on any atom is -0.480 e. The molecule has 1 aromatic rings. The Morgan fingerprint density at radius 1 is 1.25 bits per heavy atom. The topological polar surface area (TPSA) is 98.8 Å². The minimum absolute atomic E-state index is 0.00234. The molecule has 6 heteroatoms. The summed E-state index contributed by atoms with van der Waals surface area (Å²) in [5.41, 5.74) is 10.3. The van der Waals surface area contributed by atoms with E-state index >= 15 is 0 Å². The third kappa shape index (κ3) is 4.40. The van der Waals surface area contributed by atoms with Gasteiger partial charge in [-0.1, -0.05) is 31.2 Å². The number of carboxylic acid groups (broad SMARTS) is 1. The number of hydrogen-bond acceptors (Lipinski definition) is 5. The number of piperidine rings is 1. The summed E-state index contributed by atoms with van der Waals surface area (Å²) >= 11 is 0. The maximum Gasteiger partial charge on any atom is 0.323 e. The summed E-state index contributed by atoms with van der Waals surface area (Å²) in [5, 5.41) is 18.5. The number of aryl methyl sites for hydroxylation is 1. The molecule has 2 aliphatic rings. The number of hydroxylamine groups is 1. The molecule has 156 valence electrons. The number of carbonyl (C=O) groups is 1. The van der Waals surface area contributed by atoms with Gasteiger partial charge >= 0.3 is 5.97 Å². The fourth-order valence-electron chi connectivity index (χ4n) is 5.25. The molecule has 5 N–H and O–H groups in total. The number of aliphatic carboxylic acids is 1. The summed E-state index contributed by atoms with van der Waals surface area (Å²) in [6.45, 7) is 4.61. The van der Waals surface area contributed by atoms with E-state index in [1.165, 1.54) is 17.5 Å². The normalized spacial score (nSPS) is 25.8. The molecule has 3 rings (SSSR count). The Balaban J connectivity index is 1.65. The second kappa shape index (κ2) is 9.35. The van der Waals surface area contributed by atoms with Crippen LogP contribution in [0.1, 0.15) is 62.6 Å². The SMILES string of the molecule is CC1CCc2ccccc2C1N1CCC(C(N)(CCCCNO)C(=O)O)CC1. The summed E-state index contributed by atoms with van der Waals surface area (Å²) in [6, 6.07) is 9.20. The highest BCUT2D eigenvalue weighted by molar-refractivity contribution is 5.79. The lowest BCUT2D eigenvalue weighted by atomic mass is 9.74. The smallest absolute Gasteiger partial charge is 0.323 e. The number of fused-ring (bicyclic) bond motifs is 1. The molecule has 1 aromatic carbocycles. The summed E-state index contributed by atoms with van der Waals surface area (Å²) in [4.78, 5) is 14.5. The number of nitrogens with zero attached hydrogens (tertiary/aromatic N) is 1. The lowest BCUT2D eigenvalue weighted by Crippen LogP contribution is -2.57. The standard InChI is InChI=1S/C22H35N3O3/c1-16-8-9-17-6-2-3-7-19(17)20(16)25-14-10-18(11-15-25)22(23,21(26)27)12-4-5-13-24-28/h2-3,6-7,16,18,20,24,28H,4-5,8-15,23H2,1H3,(H,26,27). The maximum atomic E-state index is 12.0. The zero-order valence-corrected chi connectivity index (χ0v) is 16.9. The molecule has 0 radical (unpaired) electrons. The van der Waals surface area contributed by atoms with Crippen LogP contribution in [0.2, 0.25) is 0 Å². The van der Waals surface area contributed by atoms with Crippen molar-refractivity contribution < 1.29 is 15.1 Å². The van der Waals surface area contributed by atoms with Gasteiger partial charge in [0, 0.05) is 12.6 Å². The van der Waals surface area contributed by atoms with Crippen LogP contribution in [0, 0.1) is 11.8 Å². The van der Waals surface area contributed by atoms with Gasteiger partial charge in [-0.3, -0.25) is 9.69 Å². The van der Waals surface area contributed by atoms with Crippen LogP contribution in [0.3, 0.4) is 0 Å². The highest BCUT2D eigenvalue weighted by Crippen LogP contribution is 2.41. The van der Waals surface area contributed by atoms with Gasteiger partial charge in [-0.05, 0) is 81.0 Å². The highest BCUT2D eigenvalue weighted by atomic mass is 16.5. The van der Waals surface area contributed by atoms with Crippen LogP contribution in [-0.4, -0.2) is 46.4 Å². The number of nitrogens with two attached hydrogens (primary N) is 1. The Morgan fingerprint density at radius 2 is 1.96 bits per heavy atom. The predicted molar refractivity (Wildman–Crippen MR) is 109 cm³/mol. The molecular formula is C22H35N3O3. The van der Waals surface area contributed by atoms with Gasteiger partial charge < -0.3 is 16.0 Å². The summed E-state index contributed by atoms with van der Waals surface area (Å²) < 4.78 is 0. The van der Waals surface area contributed by atoms with Crippen LogP contribution in [0.15, 0.2) is 24.3 Å². The first kappa shape index (κ1) is 21.2. The molecule has 1 aliphatic carbocycles. The Hall–Kier alpha value is -1.47. The average molecular weight is 390 g/mol. The van der Waals surface area contributed by atoms with E-state index in [1.54, 1.807) is 0 Å². The molecule has 1 fully saturated rings. The van der Waals surface area contributed by atoms with Crippen molar-refractivity contribution >= 4 is 5.97 Å². The third-order valence-corrected chi connectivity index (χ3v) is 6.96. The maximum absolute atomic E-state index is 12.0. The molecule has 0 spiro atoms. The predicted octanol–water partition coefficient (Wildman–Crippen LogP) is 2.95. The van der Waals surface area contributed by atoms with E-state index in [2.05, 4.69) is 41.6 Å². The second-order valence-corrected chi connectivity index (χ2v) is 8.68. The van der Waals surface area contributed by atoms with Crippen molar-refractivity contribution in [3.63, 3.8) is 0 Å². The zero-order valence-electron chi connectivity index (χ0n) is 16.9. The first-order chi connectivity index (χ1) is 13.5. The van der Waals surface area contributed by atoms with Gasteiger partial charge in [0.2, 0.25) is 0 Å². The van der Waals surface area contributed by atoms with Crippen LogP contribution in [0.5, 0.6) is 0 Å². The lowest BCUT2D eigenvalue weighted by Gasteiger charge is -2.46. The minimum atomic E-state index is -1.17. The van der Waals surface area contributed by atoms with E-state index in [0.717, 1.165) is 38.8 Å². The summed E-state index contributed by atoms with van der Waals surface area (Å²) in [7, 11) is 0. The van der Waals surface area contributed by atoms with E-state index in [1.807, 2.05) is 0 Å². The van der Waals surface area contributed by atoms with Crippen LogP contribution >= 0.6 is 0 Å². The first-order valence-electron chi connectivity index (χ1n) is 10.7. The van der Waals surface area contributed by atoms with E-state index in [9.17, 15) is 9.90 Å². The number of hydrogen-bond donors (Lipinski definition) is 4. The molecule has 3 unspecified atom stereocenters. The average Bonchev–Trinajstić information content (AvgIpc) is 2.71. The quantitative estimate of drug-likeness (QED) is 0.403. The van der Waals surface area contributed by atoms with Gasteiger partial charge in [-0.25, -0.2) is 5.48 Å². The molecule has 0 bridgehead atoms. The number of rotatable bonds is 8. The van der Waals surface area contributed by atoms with E-state index in [0.29, 0.717) is 31.3 Å². The van der Waals surface area contributed by atoms with E-state index in [4.69, 9.17) is 10.9 Å². The molecule has 0 saturated carbocycles. The zero-order chi connectivity index (χ0) is 20.1. The van der Waals surface area contributed by atoms with Gasteiger partial charge in [0.15, 0.2) is 0 Å².